The average molecular weight is 221 g/mol. The first-order valence-electron chi connectivity index (χ1n) is 6.16. The highest BCUT2D eigenvalue weighted by Gasteiger charge is 2.29. The highest BCUT2D eigenvalue weighted by atomic mass is 16.5. The Balaban J connectivity index is 2.03. The van der Waals surface area contributed by atoms with Crippen molar-refractivity contribution < 1.29 is 4.74 Å². The van der Waals surface area contributed by atoms with Crippen LogP contribution in [0.4, 0.5) is 0 Å². The van der Waals surface area contributed by atoms with E-state index in [1.54, 1.807) is 0 Å². The molecule has 1 aromatic heterocycles. The third-order valence-electron chi connectivity index (χ3n) is 3.51. The van der Waals surface area contributed by atoms with Gasteiger partial charge < -0.3 is 10.1 Å². The fraction of sp³-hybridized carbons (Fsp3) is 0.750. The fourth-order valence-corrected chi connectivity index (χ4v) is 2.53. The van der Waals surface area contributed by atoms with Crippen LogP contribution in [0.1, 0.15) is 42.8 Å². The van der Waals surface area contributed by atoms with E-state index >= 15 is 0 Å². The zero-order chi connectivity index (χ0) is 11.1. The van der Waals surface area contributed by atoms with Crippen LogP contribution in [0.5, 0.6) is 0 Å². The summed E-state index contributed by atoms with van der Waals surface area (Å²) in [5.74, 6) is 0.522. The van der Waals surface area contributed by atoms with Gasteiger partial charge in [0.1, 0.15) is 0 Å². The van der Waals surface area contributed by atoms with Crippen molar-refractivity contribution >= 4 is 0 Å². The van der Waals surface area contributed by atoms with Gasteiger partial charge in [-0.1, -0.05) is 13.8 Å². The van der Waals surface area contributed by atoms with Crippen LogP contribution in [0.25, 0.3) is 0 Å². The number of hydrogen-bond acceptors (Lipinski definition) is 3. The molecule has 1 fully saturated rings. The first-order valence-corrected chi connectivity index (χ1v) is 6.16. The molecule has 16 heavy (non-hydrogen) atoms. The molecule has 3 rings (SSSR count). The number of rotatable bonds is 2. The van der Waals surface area contributed by atoms with E-state index in [0.29, 0.717) is 12.0 Å². The largest absolute Gasteiger partial charge is 0.377 e. The van der Waals surface area contributed by atoms with Gasteiger partial charge in [-0.15, -0.1) is 0 Å². The van der Waals surface area contributed by atoms with Crippen LogP contribution < -0.4 is 5.32 Å². The van der Waals surface area contributed by atoms with Crippen LogP contribution in [0.3, 0.4) is 0 Å². The molecule has 0 amide bonds. The molecule has 4 nitrogen and oxygen atoms in total. The molecule has 0 aliphatic carbocycles. The summed E-state index contributed by atoms with van der Waals surface area (Å²) in [6.07, 6.45) is 1.12. The quantitative estimate of drug-likeness (QED) is 0.816. The summed E-state index contributed by atoms with van der Waals surface area (Å²) in [4.78, 5) is 0. The summed E-state index contributed by atoms with van der Waals surface area (Å²) in [5.41, 5.74) is 4.17. The van der Waals surface area contributed by atoms with Gasteiger partial charge in [-0.05, 0) is 24.4 Å². The molecule has 2 aliphatic heterocycles. The second-order valence-electron chi connectivity index (χ2n) is 5.03. The van der Waals surface area contributed by atoms with Crippen LogP contribution in [0, 0.1) is 0 Å². The molecule has 2 aliphatic rings. The Morgan fingerprint density at radius 2 is 2.25 bits per heavy atom. The molecule has 0 unspecified atom stereocenters. The molecule has 3 heterocycles. The van der Waals surface area contributed by atoms with E-state index in [1.807, 2.05) is 0 Å². The molecule has 1 aromatic rings. The van der Waals surface area contributed by atoms with Crippen molar-refractivity contribution in [1.82, 2.24) is 15.1 Å². The zero-order valence-corrected chi connectivity index (χ0v) is 9.99. The second-order valence-corrected chi connectivity index (χ2v) is 5.03. The van der Waals surface area contributed by atoms with Crippen LogP contribution in [0.2, 0.25) is 0 Å². The van der Waals surface area contributed by atoms with Gasteiger partial charge in [0.05, 0.1) is 30.6 Å². The maximum absolute atomic E-state index is 5.27. The predicted octanol–water partition coefficient (Wildman–Crippen LogP) is 1.22. The normalized spacial score (nSPS) is 20.9. The lowest BCUT2D eigenvalue weighted by Crippen LogP contribution is -2.34. The summed E-state index contributed by atoms with van der Waals surface area (Å²) < 4.78 is 7.48. The van der Waals surface area contributed by atoms with E-state index in [-0.39, 0.29) is 0 Å². The molecule has 1 saturated heterocycles. The number of hydrogen-bond donors (Lipinski definition) is 1. The fourth-order valence-electron chi connectivity index (χ4n) is 2.53. The van der Waals surface area contributed by atoms with Gasteiger partial charge in [0.25, 0.3) is 0 Å². The average Bonchev–Trinajstić information content (AvgIpc) is 2.56. The van der Waals surface area contributed by atoms with Crippen LogP contribution in [-0.4, -0.2) is 29.5 Å². The predicted molar refractivity (Wildman–Crippen MR) is 61.6 cm³/mol. The second kappa shape index (κ2) is 3.86. The van der Waals surface area contributed by atoms with E-state index in [9.17, 15) is 0 Å². The molecule has 0 spiro atoms. The molecule has 1 N–H and O–H groups in total. The summed E-state index contributed by atoms with van der Waals surface area (Å²) in [5, 5.41) is 8.25. The summed E-state index contributed by atoms with van der Waals surface area (Å²) in [7, 11) is 0. The maximum atomic E-state index is 5.27. The molecule has 0 atom stereocenters. The van der Waals surface area contributed by atoms with Gasteiger partial charge in [0.15, 0.2) is 0 Å². The molecular formula is C12H19N3O. The van der Waals surface area contributed by atoms with E-state index in [4.69, 9.17) is 9.84 Å². The van der Waals surface area contributed by atoms with Crippen molar-refractivity contribution in [3.05, 3.63) is 17.0 Å². The Morgan fingerprint density at radius 3 is 2.88 bits per heavy atom. The molecule has 0 aromatic carbocycles. The van der Waals surface area contributed by atoms with Gasteiger partial charge in [-0.2, -0.15) is 5.10 Å². The van der Waals surface area contributed by atoms with Gasteiger partial charge in [0.2, 0.25) is 0 Å². The van der Waals surface area contributed by atoms with Gasteiger partial charge in [-0.3, -0.25) is 4.68 Å². The first-order chi connectivity index (χ1) is 7.77. The monoisotopic (exact) mass is 221 g/mol. The molecule has 88 valence electrons. The third-order valence-corrected chi connectivity index (χ3v) is 3.51. The van der Waals surface area contributed by atoms with Crippen molar-refractivity contribution in [1.29, 1.82) is 0 Å². The Kier molecular flexibility index (Phi) is 2.48. The Morgan fingerprint density at radius 1 is 1.44 bits per heavy atom. The van der Waals surface area contributed by atoms with Gasteiger partial charge in [-0.25, -0.2) is 0 Å². The maximum Gasteiger partial charge on any atom is 0.0989 e. The van der Waals surface area contributed by atoms with Gasteiger partial charge >= 0.3 is 0 Å². The number of ether oxygens (including phenoxy) is 1. The first kappa shape index (κ1) is 10.3. The Bertz CT molecular complexity index is 393. The van der Waals surface area contributed by atoms with Crippen molar-refractivity contribution in [2.45, 2.75) is 38.8 Å². The number of nitrogens with one attached hydrogen (secondary N) is 1. The standard InChI is InChI=1S/C12H19N3O/c1-8(2)12-10-3-4-13-5-11(10)15(14-12)9-6-16-7-9/h8-9,13H,3-7H2,1-2H3. The van der Waals surface area contributed by atoms with Crippen LogP contribution in [-0.2, 0) is 17.7 Å². The van der Waals surface area contributed by atoms with E-state index in [2.05, 4.69) is 23.8 Å². The van der Waals surface area contributed by atoms with Crippen molar-refractivity contribution in [3.8, 4) is 0 Å². The van der Waals surface area contributed by atoms with Crippen molar-refractivity contribution in [3.63, 3.8) is 0 Å². The van der Waals surface area contributed by atoms with Crippen molar-refractivity contribution in [2.75, 3.05) is 19.8 Å². The molecule has 0 saturated carbocycles. The third kappa shape index (κ3) is 1.48. The number of nitrogens with zero attached hydrogens (tertiary/aromatic N) is 2. The highest BCUT2D eigenvalue weighted by Crippen LogP contribution is 2.28. The molecule has 0 radical (unpaired) electrons. The SMILES string of the molecule is CC(C)c1nn(C2COC2)c2c1CCNC2. The smallest absolute Gasteiger partial charge is 0.0989 e. The zero-order valence-electron chi connectivity index (χ0n) is 9.99. The van der Waals surface area contributed by atoms with Crippen LogP contribution >= 0.6 is 0 Å². The van der Waals surface area contributed by atoms with Crippen molar-refractivity contribution in [2.24, 2.45) is 0 Å². The summed E-state index contributed by atoms with van der Waals surface area (Å²) in [6, 6.07) is 0.473. The summed E-state index contributed by atoms with van der Waals surface area (Å²) in [6.45, 7) is 8.15. The van der Waals surface area contributed by atoms with E-state index in [0.717, 1.165) is 32.7 Å². The lowest BCUT2D eigenvalue weighted by atomic mass is 9.99. The molecular weight excluding hydrogens is 202 g/mol. The minimum atomic E-state index is 0.473. The Labute approximate surface area is 96.0 Å². The highest BCUT2D eigenvalue weighted by molar-refractivity contribution is 5.31. The number of fused-ring (bicyclic) bond motifs is 1. The van der Waals surface area contributed by atoms with Crippen LogP contribution in [0.15, 0.2) is 0 Å². The Hall–Kier alpha value is -0.870. The summed E-state index contributed by atoms with van der Waals surface area (Å²) >= 11 is 0. The lowest BCUT2D eigenvalue weighted by molar-refractivity contribution is -0.0302. The molecule has 0 bridgehead atoms. The molecule has 4 heteroatoms. The number of aromatic nitrogens is 2. The topological polar surface area (TPSA) is 39.1 Å². The lowest BCUT2D eigenvalue weighted by Gasteiger charge is -2.28. The minimum absolute atomic E-state index is 0.473. The van der Waals surface area contributed by atoms with E-state index < -0.39 is 0 Å². The van der Waals surface area contributed by atoms with E-state index in [1.165, 1.54) is 17.0 Å². The van der Waals surface area contributed by atoms with Gasteiger partial charge in [0, 0.05) is 6.54 Å². The minimum Gasteiger partial charge on any atom is -0.377 e.